The second-order valence-electron chi connectivity index (χ2n) is 7.18. The van der Waals surface area contributed by atoms with Crippen molar-refractivity contribution in [2.45, 2.75) is 51.0 Å². The number of nitrogens with zero attached hydrogens (tertiary/aromatic N) is 1. The van der Waals surface area contributed by atoms with E-state index in [1.165, 1.54) is 4.90 Å². The van der Waals surface area contributed by atoms with Crippen molar-refractivity contribution in [2.75, 3.05) is 32.9 Å². The largest absolute Gasteiger partial charge is 0.490 e. The predicted octanol–water partition coefficient (Wildman–Crippen LogP) is 3.84. The normalized spacial score (nSPS) is 18.0. The third-order valence-corrected chi connectivity index (χ3v) is 4.70. The number of aliphatic hydroxyl groups excluding tert-OH is 1. The van der Waals surface area contributed by atoms with Gasteiger partial charge in [0.05, 0.1) is 32.5 Å². The quantitative estimate of drug-likeness (QED) is 0.453. The molecule has 0 spiro atoms. The summed E-state index contributed by atoms with van der Waals surface area (Å²) in [6.45, 7) is 2.33. The molecule has 1 aromatic rings. The van der Waals surface area contributed by atoms with E-state index in [4.69, 9.17) is 19.3 Å². The van der Waals surface area contributed by atoms with E-state index in [2.05, 4.69) is 0 Å². The van der Waals surface area contributed by atoms with Gasteiger partial charge in [0.1, 0.15) is 5.82 Å². The van der Waals surface area contributed by atoms with Crippen LogP contribution in [-0.4, -0.2) is 67.4 Å². The molecule has 1 aliphatic rings. The van der Waals surface area contributed by atoms with Gasteiger partial charge in [-0.3, -0.25) is 0 Å². The van der Waals surface area contributed by atoms with Gasteiger partial charge in [-0.2, -0.15) is 13.2 Å². The SMILES string of the molecule is CCCCOC(=O)N1CCO[C@H](Cc2cc(F)c(OCC[C@@H](O)C(F)(F)F)cc2F)C1. The van der Waals surface area contributed by atoms with Crippen molar-refractivity contribution in [1.82, 2.24) is 4.90 Å². The molecule has 1 saturated heterocycles. The summed E-state index contributed by atoms with van der Waals surface area (Å²) in [5, 5.41) is 8.91. The van der Waals surface area contributed by atoms with Crippen LogP contribution in [0, 0.1) is 11.6 Å². The Kier molecular flexibility index (Phi) is 9.30. The van der Waals surface area contributed by atoms with Crippen LogP contribution in [0.2, 0.25) is 0 Å². The van der Waals surface area contributed by atoms with E-state index in [-0.39, 0.29) is 25.1 Å². The third kappa shape index (κ3) is 7.80. The van der Waals surface area contributed by atoms with Crippen LogP contribution in [0.15, 0.2) is 12.1 Å². The lowest BCUT2D eigenvalue weighted by molar-refractivity contribution is -0.206. The Balaban J connectivity index is 1.92. The number of benzene rings is 1. The molecule has 0 saturated carbocycles. The monoisotopic (exact) mass is 455 g/mol. The van der Waals surface area contributed by atoms with E-state index >= 15 is 0 Å². The van der Waals surface area contributed by atoms with Crippen molar-refractivity contribution in [1.29, 1.82) is 0 Å². The Bertz CT molecular complexity index is 731. The lowest BCUT2D eigenvalue weighted by Crippen LogP contribution is -2.46. The molecule has 1 heterocycles. The summed E-state index contributed by atoms with van der Waals surface area (Å²) in [7, 11) is 0. The fourth-order valence-electron chi connectivity index (χ4n) is 2.93. The Labute approximate surface area is 176 Å². The van der Waals surface area contributed by atoms with Crippen LogP contribution in [0.1, 0.15) is 31.7 Å². The zero-order valence-corrected chi connectivity index (χ0v) is 17.1. The molecule has 6 nitrogen and oxygen atoms in total. The van der Waals surface area contributed by atoms with E-state index < -0.39 is 54.9 Å². The van der Waals surface area contributed by atoms with Crippen molar-refractivity contribution < 1.29 is 46.1 Å². The summed E-state index contributed by atoms with van der Waals surface area (Å²) in [4.78, 5) is 13.5. The Hall–Kier alpha value is -2.14. The zero-order chi connectivity index (χ0) is 23.0. The molecule has 0 aliphatic carbocycles. The smallest absolute Gasteiger partial charge is 0.414 e. The molecule has 176 valence electrons. The van der Waals surface area contributed by atoms with E-state index in [0.29, 0.717) is 13.2 Å². The minimum atomic E-state index is -4.81. The first-order chi connectivity index (χ1) is 14.6. The molecule has 31 heavy (non-hydrogen) atoms. The molecule has 1 fully saturated rings. The van der Waals surface area contributed by atoms with Gasteiger partial charge >= 0.3 is 12.3 Å². The van der Waals surface area contributed by atoms with Gasteiger partial charge in [-0.15, -0.1) is 0 Å². The summed E-state index contributed by atoms with van der Waals surface area (Å²) in [6, 6.07) is 1.62. The molecule has 11 heteroatoms. The fraction of sp³-hybridized carbons (Fsp3) is 0.650. The van der Waals surface area contributed by atoms with Gasteiger partial charge < -0.3 is 24.2 Å². The number of unbranched alkanes of at least 4 members (excludes halogenated alkanes) is 1. The number of alkyl halides is 3. The number of amides is 1. The number of rotatable bonds is 9. The third-order valence-electron chi connectivity index (χ3n) is 4.70. The number of ether oxygens (including phenoxy) is 3. The average molecular weight is 455 g/mol. The van der Waals surface area contributed by atoms with E-state index in [1.54, 1.807) is 0 Å². The van der Waals surface area contributed by atoms with E-state index in [1.807, 2.05) is 6.92 Å². The highest BCUT2D eigenvalue weighted by atomic mass is 19.4. The van der Waals surface area contributed by atoms with Crippen molar-refractivity contribution >= 4 is 6.09 Å². The zero-order valence-electron chi connectivity index (χ0n) is 17.1. The van der Waals surface area contributed by atoms with Crippen molar-refractivity contribution in [3.05, 3.63) is 29.3 Å². The van der Waals surface area contributed by atoms with Gasteiger partial charge in [0.25, 0.3) is 0 Å². The van der Waals surface area contributed by atoms with Crippen LogP contribution >= 0.6 is 0 Å². The molecule has 2 rings (SSSR count). The molecule has 0 bridgehead atoms. The molecular weight excluding hydrogens is 429 g/mol. The maximum atomic E-state index is 14.4. The van der Waals surface area contributed by atoms with Gasteiger partial charge in [-0.1, -0.05) is 13.3 Å². The standard InChI is InChI=1S/C20H26F5NO5/c1-2-3-6-31-19(28)26-5-8-29-14(12-26)9-13-10-16(22)17(11-15(13)21)30-7-4-18(27)20(23,24)25/h10-11,14,18,27H,2-9,12H2,1H3/t14-,18-/m1/s1. The van der Waals surface area contributed by atoms with Gasteiger partial charge in [0.15, 0.2) is 17.7 Å². The molecule has 1 N–H and O–H groups in total. The van der Waals surface area contributed by atoms with Crippen LogP contribution in [0.3, 0.4) is 0 Å². The number of carbonyl (C=O) groups is 1. The number of hydrogen-bond donors (Lipinski definition) is 1. The highest BCUT2D eigenvalue weighted by Gasteiger charge is 2.37. The first-order valence-electron chi connectivity index (χ1n) is 10.0. The summed E-state index contributed by atoms with van der Waals surface area (Å²) >= 11 is 0. The van der Waals surface area contributed by atoms with Gasteiger partial charge in [0, 0.05) is 25.5 Å². The topological polar surface area (TPSA) is 68.2 Å². The highest BCUT2D eigenvalue weighted by molar-refractivity contribution is 5.67. The number of hydrogen-bond acceptors (Lipinski definition) is 5. The number of halogens is 5. The predicted molar refractivity (Wildman–Crippen MR) is 99.8 cm³/mol. The van der Waals surface area contributed by atoms with Gasteiger partial charge in [-0.05, 0) is 18.1 Å². The Morgan fingerprint density at radius 1 is 1.29 bits per heavy atom. The molecule has 1 aliphatic heterocycles. The molecule has 0 radical (unpaired) electrons. The van der Waals surface area contributed by atoms with Gasteiger partial charge in [0.2, 0.25) is 0 Å². The Morgan fingerprint density at radius 3 is 2.71 bits per heavy atom. The number of carbonyl (C=O) groups excluding carboxylic acids is 1. The van der Waals surface area contributed by atoms with Crippen molar-refractivity contribution in [3.8, 4) is 5.75 Å². The lowest BCUT2D eigenvalue weighted by Gasteiger charge is -2.32. The molecular formula is C20H26F5NO5. The second kappa shape index (κ2) is 11.5. The first kappa shape index (κ1) is 25.1. The van der Waals surface area contributed by atoms with Crippen molar-refractivity contribution in [3.63, 3.8) is 0 Å². The van der Waals surface area contributed by atoms with E-state index in [9.17, 15) is 26.7 Å². The second-order valence-corrected chi connectivity index (χ2v) is 7.18. The van der Waals surface area contributed by atoms with Crippen molar-refractivity contribution in [2.24, 2.45) is 0 Å². The fourth-order valence-corrected chi connectivity index (χ4v) is 2.93. The number of aliphatic hydroxyl groups is 1. The molecule has 1 amide bonds. The summed E-state index contributed by atoms with van der Waals surface area (Å²) in [5.41, 5.74) is -0.0219. The molecule has 2 atom stereocenters. The number of morpholine rings is 1. The van der Waals surface area contributed by atoms with Gasteiger partial charge in [-0.25, -0.2) is 13.6 Å². The maximum Gasteiger partial charge on any atom is 0.414 e. The van der Waals surface area contributed by atoms with E-state index in [0.717, 1.165) is 25.0 Å². The van der Waals surface area contributed by atoms with Crippen LogP contribution in [0.4, 0.5) is 26.7 Å². The summed E-state index contributed by atoms with van der Waals surface area (Å²) in [6.07, 6.45) is -7.69. The summed E-state index contributed by atoms with van der Waals surface area (Å²) in [5.74, 6) is -2.33. The average Bonchev–Trinajstić information content (AvgIpc) is 2.71. The minimum absolute atomic E-state index is 0.0193. The lowest BCUT2D eigenvalue weighted by atomic mass is 10.1. The van der Waals surface area contributed by atoms with Crippen LogP contribution in [0.5, 0.6) is 5.75 Å². The maximum absolute atomic E-state index is 14.4. The van der Waals surface area contributed by atoms with Crippen LogP contribution < -0.4 is 4.74 Å². The van der Waals surface area contributed by atoms with Crippen LogP contribution in [-0.2, 0) is 15.9 Å². The summed E-state index contributed by atoms with van der Waals surface area (Å²) < 4.78 is 80.9. The first-order valence-corrected chi connectivity index (χ1v) is 10.0. The Morgan fingerprint density at radius 2 is 2.03 bits per heavy atom. The molecule has 1 aromatic carbocycles. The minimum Gasteiger partial charge on any atom is -0.490 e. The highest BCUT2D eigenvalue weighted by Crippen LogP contribution is 2.26. The van der Waals surface area contributed by atoms with Crippen LogP contribution in [0.25, 0.3) is 0 Å². The molecule has 0 aromatic heterocycles. The molecule has 0 unspecified atom stereocenters.